The first-order valence-electron chi connectivity index (χ1n) is 22.8. The fourth-order valence-electron chi connectivity index (χ4n) is 11.9. The van der Waals surface area contributed by atoms with Crippen molar-refractivity contribution in [3.8, 4) is 0 Å². The molecule has 6 heterocycles. The highest BCUT2D eigenvalue weighted by Gasteiger charge is 2.62. The largest absolute Gasteiger partial charge is 0.480 e. The summed E-state index contributed by atoms with van der Waals surface area (Å²) in [6.07, 6.45) is 4.26. The molecule has 0 radical (unpaired) electrons. The number of carboxylic acids is 1. The number of hydrogen-bond donors (Lipinski definition) is 6. The molecule has 5 fully saturated rings. The number of aliphatic hydroxyl groups excluding tert-OH is 2. The second-order valence-electron chi connectivity index (χ2n) is 19.9. The fraction of sp³-hybridized carbons (Fsp3) is 0.787. The zero-order chi connectivity index (χ0) is 44.2. The van der Waals surface area contributed by atoms with Crippen molar-refractivity contribution in [2.45, 2.75) is 185 Å². The number of amides is 1. The number of benzene rings is 1. The summed E-state index contributed by atoms with van der Waals surface area (Å²) in [4.78, 5) is 29.4. The number of para-hydroxylation sites is 1. The van der Waals surface area contributed by atoms with E-state index in [1.54, 1.807) is 20.2 Å². The van der Waals surface area contributed by atoms with E-state index in [1.165, 1.54) is 0 Å². The number of ether oxygens (including phenoxy) is 6. The van der Waals surface area contributed by atoms with E-state index >= 15 is 0 Å². The van der Waals surface area contributed by atoms with Gasteiger partial charge in [-0.15, -0.1) is 0 Å². The first kappa shape index (κ1) is 46.3. The molecule has 1 spiro atoms. The number of carbonyl (C=O) groups is 2. The normalized spacial score (nSPS) is 42.4. The van der Waals surface area contributed by atoms with E-state index in [0.29, 0.717) is 19.3 Å². The highest BCUT2D eigenvalue weighted by atomic mass is 16.7. The molecule has 5 aliphatic rings. The molecule has 0 saturated carbocycles. The van der Waals surface area contributed by atoms with Crippen molar-refractivity contribution in [3.63, 3.8) is 0 Å². The lowest BCUT2D eigenvalue weighted by atomic mass is 9.78. The molecule has 0 bridgehead atoms. The van der Waals surface area contributed by atoms with E-state index in [9.17, 15) is 30.0 Å². The molecule has 1 amide bonds. The highest BCUT2D eigenvalue weighted by Crippen LogP contribution is 2.55. The van der Waals surface area contributed by atoms with Crippen LogP contribution in [0.1, 0.15) is 112 Å². The van der Waals surface area contributed by atoms with Crippen molar-refractivity contribution < 1.29 is 58.4 Å². The van der Waals surface area contributed by atoms with Gasteiger partial charge in [0.15, 0.2) is 11.6 Å². The lowest BCUT2D eigenvalue weighted by molar-refractivity contribution is -0.336. The Morgan fingerprint density at radius 3 is 2.46 bits per heavy atom. The third-order valence-electron chi connectivity index (χ3n) is 15.8. The number of rotatable bonds is 14. The predicted molar refractivity (Wildman–Crippen MR) is 226 cm³/mol. The molecule has 5 aliphatic heterocycles. The summed E-state index contributed by atoms with van der Waals surface area (Å²) in [7, 11) is 1.54. The van der Waals surface area contributed by atoms with Gasteiger partial charge in [0.1, 0.15) is 6.04 Å². The van der Waals surface area contributed by atoms with Crippen molar-refractivity contribution in [1.29, 1.82) is 0 Å². The van der Waals surface area contributed by atoms with Gasteiger partial charge >= 0.3 is 5.97 Å². The number of carboxylic acid groups (broad SMARTS) is 1. The number of aliphatic hydroxyl groups is 3. The van der Waals surface area contributed by atoms with Crippen molar-refractivity contribution >= 4 is 22.8 Å². The second-order valence-corrected chi connectivity index (χ2v) is 19.9. The summed E-state index contributed by atoms with van der Waals surface area (Å²) in [5, 5.41) is 46.5. The molecule has 5 saturated heterocycles. The molecule has 0 aliphatic carbocycles. The van der Waals surface area contributed by atoms with Gasteiger partial charge in [0, 0.05) is 61.2 Å². The van der Waals surface area contributed by atoms with E-state index in [-0.39, 0.29) is 60.4 Å². The standard InChI is InChI=1S/C47H72N2O12/c1-10-45(41-26(3)20-36(57-41)38-25(2)19-27(4)47(55,24-50)60-38)16-15-37(58-45)44(8)17-18-46(61-44)22-35(51)28(5)40(59-46)29(6)39(56-9)30(7)42(52)49-34(43(53)54)21-31-23-48-33-14-12-11-13-32(31)33/h11-14,23,25-30,34-41,48,50-51,55H,10,15-22,24H2,1-9H3,(H,49,52)(H,53,54)/t25?,26?,27?,28?,29?,30?,34-,35?,36?,37?,38?,39?,40?,41?,44?,45?,46?,47?/m1/s1. The van der Waals surface area contributed by atoms with Gasteiger partial charge in [-0.1, -0.05) is 66.7 Å². The minimum absolute atomic E-state index is 0.112. The molecule has 2 aromatic rings. The van der Waals surface area contributed by atoms with Crippen LogP contribution in [-0.2, 0) is 44.4 Å². The van der Waals surface area contributed by atoms with Crippen molar-refractivity contribution in [3.05, 3.63) is 36.0 Å². The maximum Gasteiger partial charge on any atom is 0.326 e. The van der Waals surface area contributed by atoms with E-state index < -0.39 is 71.5 Å². The Hall–Kier alpha value is -2.66. The van der Waals surface area contributed by atoms with Crippen LogP contribution in [0.3, 0.4) is 0 Å². The fourth-order valence-corrected chi connectivity index (χ4v) is 11.9. The molecule has 1 aromatic heterocycles. The molecule has 342 valence electrons. The van der Waals surface area contributed by atoms with Gasteiger partial charge in [0.05, 0.1) is 66.5 Å². The van der Waals surface area contributed by atoms with E-state index in [1.807, 2.05) is 45.0 Å². The molecular formula is C47H72N2O12. The van der Waals surface area contributed by atoms with E-state index in [4.69, 9.17) is 28.4 Å². The van der Waals surface area contributed by atoms with Crippen LogP contribution in [-0.4, -0.2) is 123 Å². The zero-order valence-corrected chi connectivity index (χ0v) is 37.6. The number of aliphatic carboxylic acids is 1. The monoisotopic (exact) mass is 857 g/mol. The lowest BCUT2D eigenvalue weighted by Crippen LogP contribution is -2.57. The van der Waals surface area contributed by atoms with E-state index in [2.05, 4.69) is 38.0 Å². The number of hydrogen-bond acceptors (Lipinski definition) is 11. The smallest absolute Gasteiger partial charge is 0.326 e. The average Bonchev–Trinajstić information content (AvgIpc) is 4.03. The van der Waals surface area contributed by atoms with Crippen LogP contribution < -0.4 is 5.32 Å². The number of aromatic amines is 1. The Balaban J connectivity index is 1.01. The maximum atomic E-state index is 13.8. The Bertz CT molecular complexity index is 1860. The Morgan fingerprint density at radius 2 is 1.77 bits per heavy atom. The highest BCUT2D eigenvalue weighted by molar-refractivity contribution is 5.87. The quantitative estimate of drug-likeness (QED) is 0.140. The molecule has 1 aromatic carbocycles. The van der Waals surface area contributed by atoms with E-state index in [0.717, 1.165) is 48.6 Å². The van der Waals surface area contributed by atoms with Crippen LogP contribution in [0.4, 0.5) is 0 Å². The number of nitrogens with one attached hydrogen (secondary N) is 2. The van der Waals surface area contributed by atoms with Gasteiger partial charge in [-0.3, -0.25) is 4.79 Å². The van der Waals surface area contributed by atoms with Gasteiger partial charge in [0.2, 0.25) is 5.91 Å². The van der Waals surface area contributed by atoms with Crippen LogP contribution in [0.5, 0.6) is 0 Å². The van der Waals surface area contributed by atoms with Gasteiger partial charge in [-0.25, -0.2) is 4.79 Å². The molecular weight excluding hydrogens is 785 g/mol. The van der Waals surface area contributed by atoms with Crippen LogP contribution in [0.25, 0.3) is 10.9 Å². The summed E-state index contributed by atoms with van der Waals surface area (Å²) < 4.78 is 40.3. The van der Waals surface area contributed by atoms with Crippen LogP contribution in [0, 0.1) is 35.5 Å². The molecule has 18 atom stereocenters. The SMILES string of the molecule is CCC1(C2OC(C3OC(O)(CO)C(C)CC3C)CC2C)CCC(C2(C)CCC3(CC(O)C(C)C(C(C)C(OC)C(C)C(=O)N[C@H](Cc4c[nH]c5ccccc45)C(=O)O)O3)O2)O1. The third kappa shape index (κ3) is 8.67. The van der Waals surface area contributed by atoms with Crippen LogP contribution >= 0.6 is 0 Å². The maximum absolute atomic E-state index is 13.8. The lowest BCUT2D eigenvalue weighted by Gasteiger charge is -2.49. The molecule has 7 rings (SSSR count). The summed E-state index contributed by atoms with van der Waals surface area (Å²) >= 11 is 0. The van der Waals surface area contributed by atoms with Crippen LogP contribution in [0.15, 0.2) is 30.5 Å². The third-order valence-corrected chi connectivity index (χ3v) is 15.8. The van der Waals surface area contributed by atoms with Gasteiger partial charge in [-0.05, 0) is 68.9 Å². The van der Waals surface area contributed by atoms with Gasteiger partial charge < -0.3 is 59.1 Å². The zero-order valence-electron chi connectivity index (χ0n) is 37.6. The Labute approximate surface area is 360 Å². The number of aromatic nitrogens is 1. The number of fused-ring (bicyclic) bond motifs is 1. The van der Waals surface area contributed by atoms with Gasteiger partial charge in [-0.2, -0.15) is 0 Å². The second kappa shape index (κ2) is 17.7. The summed E-state index contributed by atoms with van der Waals surface area (Å²) in [5.74, 6) is -5.51. The summed E-state index contributed by atoms with van der Waals surface area (Å²) in [5.41, 5.74) is 0.442. The Kier molecular flexibility index (Phi) is 13.5. The van der Waals surface area contributed by atoms with Gasteiger partial charge in [0.25, 0.3) is 0 Å². The topological polar surface area (TPSA) is 198 Å². The van der Waals surface area contributed by atoms with Crippen LogP contribution in [0.2, 0.25) is 0 Å². The molecule has 14 heteroatoms. The minimum atomic E-state index is -1.59. The minimum Gasteiger partial charge on any atom is -0.480 e. The molecule has 14 nitrogen and oxygen atoms in total. The molecule has 61 heavy (non-hydrogen) atoms. The predicted octanol–water partition coefficient (Wildman–Crippen LogP) is 5.48. The number of H-pyrrole nitrogens is 1. The first-order valence-corrected chi connectivity index (χ1v) is 22.8. The number of methoxy groups -OCH3 is 1. The summed E-state index contributed by atoms with van der Waals surface area (Å²) in [6, 6.07) is 6.50. The molecule has 17 unspecified atom stereocenters. The number of carbonyl (C=O) groups excluding carboxylic acids is 1. The van der Waals surface area contributed by atoms with Crippen molar-refractivity contribution in [2.24, 2.45) is 35.5 Å². The van der Waals surface area contributed by atoms with Crippen molar-refractivity contribution in [2.75, 3.05) is 13.7 Å². The first-order chi connectivity index (χ1) is 28.8. The summed E-state index contributed by atoms with van der Waals surface area (Å²) in [6.45, 7) is 15.6. The van der Waals surface area contributed by atoms with Crippen molar-refractivity contribution in [1.82, 2.24) is 10.3 Å². The Morgan fingerprint density at radius 1 is 1.03 bits per heavy atom. The molecule has 6 N–H and O–H groups in total. The average molecular weight is 857 g/mol.